The second-order valence-corrected chi connectivity index (χ2v) is 12.1. The maximum absolute atomic E-state index is 13.0. The molecule has 1 aromatic heterocycles. The van der Waals surface area contributed by atoms with E-state index in [-0.39, 0.29) is 53.2 Å². The quantitative estimate of drug-likeness (QED) is 0.547. The fourth-order valence-electron chi connectivity index (χ4n) is 6.14. The Morgan fingerprint density at radius 1 is 1.14 bits per heavy atom. The minimum atomic E-state index is -4.41. The van der Waals surface area contributed by atoms with Crippen molar-refractivity contribution in [2.75, 3.05) is 11.5 Å². The number of benzene rings is 1. The average Bonchev–Trinajstić information content (AvgIpc) is 3.09. The number of carbonyl (C=O) groups excluding carboxylic acids is 1. The van der Waals surface area contributed by atoms with Gasteiger partial charge in [0.05, 0.1) is 28.7 Å². The van der Waals surface area contributed by atoms with Crippen molar-refractivity contribution in [2.45, 2.75) is 32.0 Å². The van der Waals surface area contributed by atoms with Crippen LogP contribution < -0.4 is 0 Å². The van der Waals surface area contributed by atoms with Gasteiger partial charge in [-0.2, -0.15) is 13.2 Å². The van der Waals surface area contributed by atoms with Crippen LogP contribution in [0.15, 0.2) is 48.7 Å². The van der Waals surface area contributed by atoms with Crippen LogP contribution in [-0.2, 0) is 25.5 Å². The van der Waals surface area contributed by atoms with Crippen molar-refractivity contribution in [3.63, 3.8) is 0 Å². The Morgan fingerprint density at radius 2 is 1.94 bits per heavy atom. The fraction of sp³-hybridized carbons (Fsp3) is 0.462. The zero-order valence-corrected chi connectivity index (χ0v) is 19.9. The molecule has 0 radical (unpaired) electrons. The van der Waals surface area contributed by atoms with E-state index in [0.717, 1.165) is 12.1 Å². The van der Waals surface area contributed by atoms with Gasteiger partial charge in [-0.15, -0.1) is 0 Å². The molecular weight excluding hydrogens is 479 g/mol. The van der Waals surface area contributed by atoms with Crippen molar-refractivity contribution in [3.8, 4) is 11.1 Å². The maximum Gasteiger partial charge on any atom is 0.416 e. The number of allylic oxidation sites excluding steroid dienone is 1. The lowest BCUT2D eigenvalue weighted by Crippen LogP contribution is -2.47. The monoisotopic (exact) mass is 505 g/mol. The predicted molar refractivity (Wildman–Crippen MR) is 125 cm³/mol. The molecule has 5 rings (SSSR count). The highest BCUT2D eigenvalue weighted by Crippen LogP contribution is 2.52. The Balaban J connectivity index is 1.39. The molecule has 2 aliphatic heterocycles. The van der Waals surface area contributed by atoms with Gasteiger partial charge in [0, 0.05) is 17.7 Å². The highest BCUT2D eigenvalue weighted by molar-refractivity contribution is 7.91. The lowest BCUT2D eigenvalue weighted by molar-refractivity contribution is -0.144. The van der Waals surface area contributed by atoms with E-state index < -0.39 is 21.6 Å². The van der Waals surface area contributed by atoms with E-state index >= 15 is 0 Å². The summed E-state index contributed by atoms with van der Waals surface area (Å²) in [6.45, 7) is 1.89. The number of rotatable bonds is 3. The number of halogens is 3. The number of aromatic nitrogens is 1. The molecule has 1 saturated carbocycles. The smallest absolute Gasteiger partial charge is 0.416 e. The van der Waals surface area contributed by atoms with Gasteiger partial charge in [-0.05, 0) is 67.4 Å². The second kappa shape index (κ2) is 8.76. The van der Waals surface area contributed by atoms with Gasteiger partial charge >= 0.3 is 12.1 Å². The third-order valence-electron chi connectivity index (χ3n) is 7.74. The molecule has 35 heavy (non-hydrogen) atoms. The number of ether oxygens (including phenoxy) is 1. The average molecular weight is 506 g/mol. The van der Waals surface area contributed by atoms with Crippen LogP contribution in [0.5, 0.6) is 0 Å². The number of esters is 1. The van der Waals surface area contributed by atoms with Crippen molar-refractivity contribution < 1.29 is 31.1 Å². The summed E-state index contributed by atoms with van der Waals surface area (Å²) >= 11 is 0. The zero-order chi connectivity index (χ0) is 25.0. The van der Waals surface area contributed by atoms with Crippen LogP contribution in [0.4, 0.5) is 13.2 Å². The number of hydrogen-bond donors (Lipinski definition) is 0. The molecule has 9 heteroatoms. The van der Waals surface area contributed by atoms with Crippen LogP contribution >= 0.6 is 0 Å². The molecule has 3 heterocycles. The Morgan fingerprint density at radius 3 is 2.66 bits per heavy atom. The molecule has 0 spiro atoms. The largest absolute Gasteiger partial charge is 0.462 e. The molecular formula is C26H26F3NO4S. The number of alkyl halides is 3. The molecule has 5 nitrogen and oxygen atoms in total. The maximum atomic E-state index is 13.0. The van der Waals surface area contributed by atoms with Gasteiger partial charge in [0.1, 0.15) is 6.10 Å². The first-order valence-electron chi connectivity index (χ1n) is 11.7. The first-order chi connectivity index (χ1) is 16.5. The molecule has 0 N–H and O–H groups in total. The number of fused-ring (bicyclic) bond motifs is 2. The van der Waals surface area contributed by atoms with Crippen LogP contribution in [-0.4, -0.2) is 37.0 Å². The predicted octanol–water partition coefficient (Wildman–Crippen LogP) is 5.03. The van der Waals surface area contributed by atoms with Crippen molar-refractivity contribution in [1.29, 1.82) is 0 Å². The number of sulfone groups is 1. The Kier molecular flexibility index (Phi) is 6.02. The van der Waals surface area contributed by atoms with Gasteiger partial charge in [-0.3, -0.25) is 9.78 Å². The highest BCUT2D eigenvalue weighted by atomic mass is 32.2. The zero-order valence-electron chi connectivity index (χ0n) is 19.1. The molecule has 0 bridgehead atoms. The topological polar surface area (TPSA) is 73.3 Å². The van der Waals surface area contributed by atoms with E-state index in [1.54, 1.807) is 24.4 Å². The van der Waals surface area contributed by atoms with Gasteiger partial charge in [0.2, 0.25) is 0 Å². The van der Waals surface area contributed by atoms with Crippen LogP contribution in [0.25, 0.3) is 17.2 Å². The minimum absolute atomic E-state index is 0.00909. The van der Waals surface area contributed by atoms with Gasteiger partial charge in [-0.25, -0.2) is 8.42 Å². The summed E-state index contributed by atoms with van der Waals surface area (Å²) in [7, 11) is -3.11. The van der Waals surface area contributed by atoms with E-state index in [1.165, 1.54) is 6.07 Å². The number of cyclic esters (lactones) is 1. The van der Waals surface area contributed by atoms with Crippen molar-refractivity contribution in [3.05, 3.63) is 59.9 Å². The molecule has 3 fully saturated rings. The highest BCUT2D eigenvalue weighted by Gasteiger charge is 2.55. The summed E-state index contributed by atoms with van der Waals surface area (Å²) in [6.07, 6.45) is 1.89. The normalized spacial score (nSPS) is 32.2. The summed E-state index contributed by atoms with van der Waals surface area (Å²) < 4.78 is 69.2. The first-order valence-corrected chi connectivity index (χ1v) is 13.6. The number of carbonyl (C=O) groups is 1. The molecule has 1 aliphatic carbocycles. The molecule has 2 saturated heterocycles. The first kappa shape index (κ1) is 24.0. The van der Waals surface area contributed by atoms with Crippen LogP contribution in [0, 0.1) is 29.6 Å². The minimum Gasteiger partial charge on any atom is -0.462 e. The van der Waals surface area contributed by atoms with Gasteiger partial charge in [-0.1, -0.05) is 24.3 Å². The van der Waals surface area contributed by atoms with Crippen molar-refractivity contribution >= 4 is 21.9 Å². The number of nitrogens with zero attached hydrogens (tertiary/aromatic N) is 1. The summed E-state index contributed by atoms with van der Waals surface area (Å²) in [4.78, 5) is 16.9. The summed E-state index contributed by atoms with van der Waals surface area (Å²) in [6, 6.07) is 8.60. The second-order valence-electron chi connectivity index (χ2n) is 9.88. The molecule has 1 aromatic carbocycles. The Hall–Kier alpha value is -2.68. The lowest BCUT2D eigenvalue weighted by atomic mass is 9.60. The molecule has 0 amide bonds. The molecule has 3 aliphatic rings. The summed E-state index contributed by atoms with van der Waals surface area (Å²) in [5.41, 5.74) is 0.935. The standard InChI is InChI=1S/C26H26F3NO4S/c1-15-24-22(21-9-10-35(32,33)14-18(21)12-23(24)25(31)34-15)8-7-20-6-5-17(13-30-20)16-3-2-4-19(11-16)26(27,28)29/h2-8,11,13,15,18,21-24H,9-10,12,14H2,1H3/b8-7+/t15-,18-,21-,22+,23-,24+/m1/s1. The van der Waals surface area contributed by atoms with Crippen LogP contribution in [0.2, 0.25) is 0 Å². The number of pyridine rings is 1. The van der Waals surface area contributed by atoms with E-state index in [1.807, 2.05) is 19.1 Å². The van der Waals surface area contributed by atoms with E-state index in [9.17, 15) is 26.4 Å². The van der Waals surface area contributed by atoms with Gasteiger partial charge < -0.3 is 4.74 Å². The molecule has 0 unspecified atom stereocenters. The van der Waals surface area contributed by atoms with Crippen LogP contribution in [0.1, 0.15) is 31.0 Å². The summed E-state index contributed by atoms with van der Waals surface area (Å²) in [5, 5.41) is 0. The van der Waals surface area contributed by atoms with E-state index in [0.29, 0.717) is 29.7 Å². The molecule has 2 aromatic rings. The van der Waals surface area contributed by atoms with Crippen LogP contribution in [0.3, 0.4) is 0 Å². The molecule has 186 valence electrons. The van der Waals surface area contributed by atoms with E-state index in [4.69, 9.17) is 4.74 Å². The lowest BCUT2D eigenvalue weighted by Gasteiger charge is -2.45. The molecule has 6 atom stereocenters. The van der Waals surface area contributed by atoms with Gasteiger partial charge in [0.25, 0.3) is 0 Å². The Labute approximate surface area is 202 Å². The summed E-state index contributed by atoms with van der Waals surface area (Å²) in [5.74, 6) is -0.224. The SMILES string of the molecule is C[C@H]1OC(=O)[C@@H]2C[C@@H]3CS(=O)(=O)CC[C@H]3[C@H](/C=C/c3ccc(-c4cccc(C(F)(F)F)c4)cn3)[C@H]12. The third kappa shape index (κ3) is 4.75. The van der Waals surface area contributed by atoms with Crippen molar-refractivity contribution in [1.82, 2.24) is 4.98 Å². The fourth-order valence-corrected chi connectivity index (χ4v) is 7.98. The Bertz CT molecular complexity index is 1260. The van der Waals surface area contributed by atoms with E-state index in [2.05, 4.69) is 4.98 Å². The number of hydrogen-bond acceptors (Lipinski definition) is 5. The third-order valence-corrected chi connectivity index (χ3v) is 9.54. The van der Waals surface area contributed by atoms with Gasteiger partial charge in [0.15, 0.2) is 9.84 Å². The van der Waals surface area contributed by atoms with Crippen molar-refractivity contribution in [2.24, 2.45) is 29.6 Å².